The van der Waals surface area contributed by atoms with Crippen LogP contribution >= 0.6 is 0 Å². The van der Waals surface area contributed by atoms with Crippen LogP contribution in [0.15, 0.2) is 30.9 Å². The summed E-state index contributed by atoms with van der Waals surface area (Å²) in [7, 11) is 0. The molecule has 15 heavy (non-hydrogen) atoms. The lowest BCUT2D eigenvalue weighted by molar-refractivity contribution is 0.565. The molecule has 0 saturated heterocycles. The van der Waals surface area contributed by atoms with Crippen LogP contribution in [0.5, 0.6) is 0 Å². The normalized spacial score (nSPS) is 11.7. The Bertz CT molecular complexity index is 440. The van der Waals surface area contributed by atoms with Crippen LogP contribution in [-0.2, 0) is 5.41 Å². The third kappa shape index (κ3) is 2.03. The van der Waals surface area contributed by atoms with Crippen LogP contribution in [0.3, 0.4) is 0 Å². The van der Waals surface area contributed by atoms with Crippen molar-refractivity contribution < 1.29 is 0 Å². The second kappa shape index (κ2) is 3.46. The van der Waals surface area contributed by atoms with Crippen molar-refractivity contribution in [3.63, 3.8) is 0 Å². The quantitative estimate of drug-likeness (QED) is 0.710. The van der Waals surface area contributed by atoms with Crippen LogP contribution in [-0.4, -0.2) is 19.7 Å². The third-order valence-electron chi connectivity index (χ3n) is 2.16. The highest BCUT2D eigenvalue weighted by molar-refractivity contribution is 5.25. The Morgan fingerprint density at radius 1 is 1.20 bits per heavy atom. The third-order valence-corrected chi connectivity index (χ3v) is 2.16. The Kier molecular flexibility index (Phi) is 2.26. The predicted molar refractivity (Wildman–Crippen MR) is 57.9 cm³/mol. The maximum absolute atomic E-state index is 4.27. The van der Waals surface area contributed by atoms with Gasteiger partial charge in [0.2, 0.25) is 0 Å². The molecule has 2 heterocycles. The Morgan fingerprint density at radius 2 is 2.00 bits per heavy atom. The molecule has 4 heteroatoms. The van der Waals surface area contributed by atoms with Crippen molar-refractivity contribution in [2.75, 3.05) is 0 Å². The molecular weight excluding hydrogens is 188 g/mol. The zero-order valence-corrected chi connectivity index (χ0v) is 9.18. The van der Waals surface area contributed by atoms with Gasteiger partial charge in [0.1, 0.15) is 6.33 Å². The van der Waals surface area contributed by atoms with Crippen LogP contribution in [0, 0.1) is 0 Å². The Labute approximate surface area is 89.0 Å². The minimum Gasteiger partial charge on any atom is -0.241 e. The van der Waals surface area contributed by atoms with Gasteiger partial charge in [0, 0.05) is 23.9 Å². The first-order valence-corrected chi connectivity index (χ1v) is 4.90. The molecule has 0 amide bonds. The Hall–Kier alpha value is -1.71. The molecule has 0 radical (unpaired) electrons. The van der Waals surface area contributed by atoms with Crippen molar-refractivity contribution in [3.8, 4) is 5.82 Å². The topological polar surface area (TPSA) is 43.6 Å². The van der Waals surface area contributed by atoms with Gasteiger partial charge in [-0.1, -0.05) is 20.8 Å². The van der Waals surface area contributed by atoms with Crippen molar-refractivity contribution in [1.29, 1.82) is 0 Å². The molecule has 2 aromatic heterocycles. The highest BCUT2D eigenvalue weighted by Gasteiger charge is 2.16. The number of hydrogen-bond donors (Lipinski definition) is 0. The zero-order valence-electron chi connectivity index (χ0n) is 9.18. The molecule has 0 fully saturated rings. The van der Waals surface area contributed by atoms with Gasteiger partial charge in [0.05, 0.1) is 5.69 Å². The minimum atomic E-state index is 0.0326. The first-order valence-electron chi connectivity index (χ1n) is 4.90. The van der Waals surface area contributed by atoms with E-state index in [9.17, 15) is 0 Å². The van der Waals surface area contributed by atoms with Gasteiger partial charge in [-0.25, -0.2) is 14.6 Å². The molecule has 0 unspecified atom stereocenters. The minimum absolute atomic E-state index is 0.0326. The van der Waals surface area contributed by atoms with Crippen LogP contribution in [0.4, 0.5) is 0 Å². The van der Waals surface area contributed by atoms with Gasteiger partial charge in [-0.2, -0.15) is 5.10 Å². The summed E-state index contributed by atoms with van der Waals surface area (Å²) >= 11 is 0. The molecule has 0 atom stereocenters. The van der Waals surface area contributed by atoms with Gasteiger partial charge in [0.15, 0.2) is 5.82 Å². The van der Waals surface area contributed by atoms with Crippen LogP contribution in [0.1, 0.15) is 26.5 Å². The fourth-order valence-electron chi connectivity index (χ4n) is 1.29. The fraction of sp³-hybridized carbons (Fsp3) is 0.364. The smallest absolute Gasteiger partial charge is 0.156 e. The number of nitrogens with zero attached hydrogens (tertiary/aromatic N) is 4. The first-order chi connectivity index (χ1) is 7.07. The predicted octanol–water partition coefficient (Wildman–Crippen LogP) is 1.96. The molecule has 0 aliphatic heterocycles. The number of hydrogen-bond acceptors (Lipinski definition) is 3. The highest BCUT2D eigenvalue weighted by atomic mass is 15.3. The maximum Gasteiger partial charge on any atom is 0.156 e. The lowest BCUT2D eigenvalue weighted by Crippen LogP contribution is -2.14. The average Bonchev–Trinajstić information content (AvgIpc) is 2.69. The maximum atomic E-state index is 4.27. The molecule has 78 valence electrons. The van der Waals surface area contributed by atoms with Gasteiger partial charge in [-0.05, 0) is 6.07 Å². The van der Waals surface area contributed by atoms with E-state index in [4.69, 9.17) is 0 Å². The summed E-state index contributed by atoms with van der Waals surface area (Å²) in [4.78, 5) is 8.45. The lowest BCUT2D eigenvalue weighted by Gasteiger charge is -2.17. The summed E-state index contributed by atoms with van der Waals surface area (Å²) in [6.45, 7) is 6.38. The molecular formula is C11H14N4. The summed E-state index contributed by atoms with van der Waals surface area (Å²) in [6.07, 6.45) is 5.19. The number of rotatable bonds is 1. The van der Waals surface area contributed by atoms with Gasteiger partial charge in [-0.15, -0.1) is 0 Å². The van der Waals surface area contributed by atoms with Crippen molar-refractivity contribution in [2.45, 2.75) is 26.2 Å². The van der Waals surface area contributed by atoms with Gasteiger partial charge in [0.25, 0.3) is 0 Å². The molecule has 0 aliphatic rings. The van der Waals surface area contributed by atoms with E-state index in [0.29, 0.717) is 0 Å². The number of aromatic nitrogens is 4. The molecule has 0 N–H and O–H groups in total. The fourth-order valence-corrected chi connectivity index (χ4v) is 1.29. The molecule has 0 aromatic carbocycles. The molecule has 4 nitrogen and oxygen atoms in total. The van der Waals surface area contributed by atoms with Crippen LogP contribution in [0.25, 0.3) is 5.82 Å². The lowest BCUT2D eigenvalue weighted by atomic mass is 9.92. The summed E-state index contributed by atoms with van der Waals surface area (Å²) in [5.41, 5.74) is 1.05. The van der Waals surface area contributed by atoms with E-state index in [0.717, 1.165) is 11.5 Å². The van der Waals surface area contributed by atoms with Gasteiger partial charge < -0.3 is 0 Å². The summed E-state index contributed by atoms with van der Waals surface area (Å²) in [6, 6.07) is 3.84. The average molecular weight is 202 g/mol. The van der Waals surface area contributed by atoms with E-state index in [1.807, 2.05) is 18.3 Å². The van der Waals surface area contributed by atoms with E-state index >= 15 is 0 Å². The van der Waals surface area contributed by atoms with Crippen molar-refractivity contribution in [2.24, 2.45) is 0 Å². The Balaban J connectivity index is 2.44. The second-order valence-corrected chi connectivity index (χ2v) is 4.46. The Morgan fingerprint density at radius 3 is 2.60 bits per heavy atom. The SMILES string of the molecule is CC(C)(C)c1cc(-n2cccn2)ncn1. The monoisotopic (exact) mass is 202 g/mol. The van der Waals surface area contributed by atoms with Crippen molar-refractivity contribution in [3.05, 3.63) is 36.5 Å². The van der Waals surface area contributed by atoms with E-state index in [-0.39, 0.29) is 5.41 Å². The highest BCUT2D eigenvalue weighted by Crippen LogP contribution is 2.20. The van der Waals surface area contributed by atoms with E-state index in [1.54, 1.807) is 17.2 Å². The van der Waals surface area contributed by atoms with E-state index < -0.39 is 0 Å². The van der Waals surface area contributed by atoms with E-state index in [1.165, 1.54) is 0 Å². The standard InChI is InChI=1S/C11H14N4/c1-11(2,3)9-7-10(13-8-12-9)15-6-4-5-14-15/h4-8H,1-3H3. The molecule has 0 aliphatic carbocycles. The molecule has 2 rings (SSSR count). The van der Waals surface area contributed by atoms with Gasteiger partial charge in [-0.3, -0.25) is 0 Å². The van der Waals surface area contributed by atoms with E-state index in [2.05, 4.69) is 35.8 Å². The van der Waals surface area contributed by atoms with Crippen molar-refractivity contribution in [1.82, 2.24) is 19.7 Å². The molecule has 2 aromatic rings. The van der Waals surface area contributed by atoms with Crippen molar-refractivity contribution >= 4 is 0 Å². The largest absolute Gasteiger partial charge is 0.241 e. The first kappa shape index (κ1) is 9.83. The zero-order chi connectivity index (χ0) is 10.9. The molecule has 0 bridgehead atoms. The molecule has 0 saturated carbocycles. The molecule has 0 spiro atoms. The summed E-state index contributed by atoms with van der Waals surface area (Å²) in [5.74, 6) is 0.805. The van der Waals surface area contributed by atoms with Gasteiger partial charge >= 0.3 is 0 Å². The van der Waals surface area contributed by atoms with Crippen LogP contribution in [0.2, 0.25) is 0 Å². The second-order valence-electron chi connectivity index (χ2n) is 4.46. The summed E-state index contributed by atoms with van der Waals surface area (Å²) in [5, 5.41) is 4.14. The van der Waals surface area contributed by atoms with Crippen LogP contribution < -0.4 is 0 Å². The summed E-state index contributed by atoms with van der Waals surface area (Å²) < 4.78 is 1.73.